The summed E-state index contributed by atoms with van der Waals surface area (Å²) in [6.07, 6.45) is -0.655. The summed E-state index contributed by atoms with van der Waals surface area (Å²) in [5.74, 6) is -0.418. The van der Waals surface area contributed by atoms with Crippen LogP contribution in [0.5, 0.6) is 5.75 Å². The molecule has 7 nitrogen and oxygen atoms in total. The van der Waals surface area contributed by atoms with E-state index in [9.17, 15) is 14.4 Å². The number of hydrogen-bond donors (Lipinski definition) is 2. The van der Waals surface area contributed by atoms with E-state index in [4.69, 9.17) is 4.74 Å². The minimum Gasteiger partial charge on any atom is -0.481 e. The predicted octanol–water partition coefficient (Wildman–Crippen LogP) is 0.625. The molecule has 114 valence electrons. The molecule has 0 saturated heterocycles. The number of ether oxygens (including phenoxy) is 2. The molecule has 2 N–H and O–H groups in total. The minimum atomic E-state index is -0.825. The number of carbonyl (C=O) groups is 3. The number of carbonyl (C=O) groups excluding carboxylic acids is 3. The van der Waals surface area contributed by atoms with Gasteiger partial charge in [-0.3, -0.25) is 14.9 Å². The zero-order valence-corrected chi connectivity index (χ0v) is 12.1. The van der Waals surface area contributed by atoms with Crippen LogP contribution in [-0.2, 0) is 20.7 Å². The van der Waals surface area contributed by atoms with Gasteiger partial charge in [-0.25, -0.2) is 4.79 Å². The summed E-state index contributed by atoms with van der Waals surface area (Å²) in [5.41, 5.74) is 0.775. The van der Waals surface area contributed by atoms with Crippen molar-refractivity contribution in [1.29, 1.82) is 0 Å². The fourth-order valence-corrected chi connectivity index (χ4v) is 1.46. The monoisotopic (exact) mass is 294 g/mol. The average Bonchev–Trinajstić information content (AvgIpc) is 2.48. The van der Waals surface area contributed by atoms with E-state index in [-0.39, 0.29) is 12.4 Å². The number of imide groups is 1. The number of benzene rings is 1. The molecule has 0 aromatic heterocycles. The van der Waals surface area contributed by atoms with Gasteiger partial charge in [0.05, 0.1) is 13.5 Å². The number of nitrogens with one attached hydrogen (secondary N) is 2. The lowest BCUT2D eigenvalue weighted by Gasteiger charge is -2.14. The first-order valence-corrected chi connectivity index (χ1v) is 6.31. The molecule has 1 aromatic rings. The lowest BCUT2D eigenvalue weighted by atomic mass is 10.1. The number of rotatable bonds is 5. The van der Waals surface area contributed by atoms with Crippen molar-refractivity contribution in [2.45, 2.75) is 19.4 Å². The highest BCUT2D eigenvalue weighted by Gasteiger charge is 2.16. The standard InChI is InChI=1S/C14H18N2O5/c1-9(13(18)16-14(19)15-2)21-11-6-4-10(5-7-11)8-12(17)20-3/h4-7,9H,8H2,1-3H3,(H2,15,16,18,19)/t9-/m1/s1. The van der Waals surface area contributed by atoms with E-state index in [1.165, 1.54) is 21.1 Å². The van der Waals surface area contributed by atoms with E-state index in [0.717, 1.165) is 5.56 Å². The number of urea groups is 1. The molecular weight excluding hydrogens is 276 g/mol. The third kappa shape index (κ3) is 5.52. The van der Waals surface area contributed by atoms with Gasteiger partial charge in [-0.1, -0.05) is 12.1 Å². The molecule has 1 aromatic carbocycles. The number of amides is 3. The zero-order chi connectivity index (χ0) is 15.8. The molecule has 0 bridgehead atoms. The summed E-state index contributed by atoms with van der Waals surface area (Å²) >= 11 is 0. The van der Waals surface area contributed by atoms with E-state index >= 15 is 0 Å². The molecule has 0 aliphatic rings. The first-order valence-electron chi connectivity index (χ1n) is 6.31. The van der Waals surface area contributed by atoms with Crippen LogP contribution in [0.2, 0.25) is 0 Å². The molecule has 0 aliphatic heterocycles. The second kappa shape index (κ2) is 7.88. The molecule has 0 saturated carbocycles. The van der Waals surface area contributed by atoms with E-state index in [0.29, 0.717) is 5.75 Å². The SMILES string of the molecule is CNC(=O)NC(=O)[C@@H](C)Oc1ccc(CC(=O)OC)cc1. The highest BCUT2D eigenvalue weighted by atomic mass is 16.5. The van der Waals surface area contributed by atoms with Gasteiger partial charge in [-0.2, -0.15) is 0 Å². The Morgan fingerprint density at radius 3 is 2.33 bits per heavy atom. The Hall–Kier alpha value is -2.57. The summed E-state index contributed by atoms with van der Waals surface area (Å²) in [5, 5.41) is 4.40. The predicted molar refractivity (Wildman–Crippen MR) is 74.9 cm³/mol. The van der Waals surface area contributed by atoms with Gasteiger partial charge in [-0.15, -0.1) is 0 Å². The van der Waals surface area contributed by atoms with Gasteiger partial charge in [0.15, 0.2) is 6.10 Å². The molecule has 7 heteroatoms. The normalized spacial score (nSPS) is 11.2. The zero-order valence-electron chi connectivity index (χ0n) is 12.1. The van der Waals surface area contributed by atoms with Crippen molar-refractivity contribution in [3.8, 4) is 5.75 Å². The Morgan fingerprint density at radius 1 is 1.19 bits per heavy atom. The fraction of sp³-hybridized carbons (Fsp3) is 0.357. The number of esters is 1. The van der Waals surface area contributed by atoms with Crippen molar-refractivity contribution in [2.24, 2.45) is 0 Å². The quantitative estimate of drug-likeness (QED) is 0.777. The van der Waals surface area contributed by atoms with E-state index in [1.54, 1.807) is 24.3 Å². The van der Waals surface area contributed by atoms with Crippen LogP contribution in [0.15, 0.2) is 24.3 Å². The molecule has 0 aliphatic carbocycles. The number of hydrogen-bond acceptors (Lipinski definition) is 5. The van der Waals surface area contributed by atoms with Crippen LogP contribution in [0, 0.1) is 0 Å². The third-order valence-corrected chi connectivity index (χ3v) is 2.65. The first-order chi connectivity index (χ1) is 9.96. The second-order valence-electron chi connectivity index (χ2n) is 4.23. The minimum absolute atomic E-state index is 0.170. The molecular formula is C14H18N2O5. The van der Waals surface area contributed by atoms with Crippen LogP contribution in [0.25, 0.3) is 0 Å². The Bertz CT molecular complexity index is 513. The summed E-state index contributed by atoms with van der Waals surface area (Å²) in [6.45, 7) is 1.53. The molecule has 0 spiro atoms. The lowest BCUT2D eigenvalue weighted by Crippen LogP contribution is -2.43. The largest absolute Gasteiger partial charge is 0.481 e. The Morgan fingerprint density at radius 2 is 1.81 bits per heavy atom. The highest BCUT2D eigenvalue weighted by Crippen LogP contribution is 2.14. The van der Waals surface area contributed by atoms with Crippen molar-refractivity contribution < 1.29 is 23.9 Å². The van der Waals surface area contributed by atoms with Gasteiger partial charge in [-0.05, 0) is 24.6 Å². The van der Waals surface area contributed by atoms with Gasteiger partial charge >= 0.3 is 12.0 Å². The van der Waals surface area contributed by atoms with Crippen molar-refractivity contribution in [3.63, 3.8) is 0 Å². The lowest BCUT2D eigenvalue weighted by molar-refractivity contribution is -0.139. The summed E-state index contributed by atoms with van der Waals surface area (Å²) in [4.78, 5) is 33.7. The number of methoxy groups -OCH3 is 1. The topological polar surface area (TPSA) is 93.7 Å². The van der Waals surface area contributed by atoms with Crippen molar-refractivity contribution in [3.05, 3.63) is 29.8 Å². The fourth-order valence-electron chi connectivity index (χ4n) is 1.46. The molecule has 0 radical (unpaired) electrons. The summed E-state index contributed by atoms with van der Waals surface area (Å²) < 4.78 is 9.97. The van der Waals surface area contributed by atoms with Crippen molar-refractivity contribution >= 4 is 17.9 Å². The molecule has 3 amide bonds. The first kappa shape index (κ1) is 16.5. The van der Waals surface area contributed by atoms with Crippen LogP contribution in [0.4, 0.5) is 4.79 Å². The average molecular weight is 294 g/mol. The Kier molecular flexibility index (Phi) is 6.19. The summed E-state index contributed by atoms with van der Waals surface area (Å²) in [7, 11) is 2.74. The van der Waals surface area contributed by atoms with Crippen LogP contribution in [0.3, 0.4) is 0 Å². The molecule has 0 unspecified atom stereocenters. The maximum Gasteiger partial charge on any atom is 0.321 e. The molecule has 21 heavy (non-hydrogen) atoms. The van der Waals surface area contributed by atoms with Gasteiger partial charge in [0.1, 0.15) is 5.75 Å². The second-order valence-corrected chi connectivity index (χ2v) is 4.23. The van der Waals surface area contributed by atoms with E-state index < -0.39 is 18.0 Å². The maximum absolute atomic E-state index is 11.6. The van der Waals surface area contributed by atoms with Gasteiger partial charge in [0.25, 0.3) is 5.91 Å². The van der Waals surface area contributed by atoms with Gasteiger partial charge in [0, 0.05) is 7.05 Å². The van der Waals surface area contributed by atoms with E-state index in [1.807, 2.05) is 0 Å². The molecule has 1 atom stereocenters. The van der Waals surface area contributed by atoms with Crippen LogP contribution in [0.1, 0.15) is 12.5 Å². The maximum atomic E-state index is 11.6. The smallest absolute Gasteiger partial charge is 0.321 e. The molecule has 0 heterocycles. The highest BCUT2D eigenvalue weighted by molar-refractivity contribution is 5.96. The van der Waals surface area contributed by atoms with Crippen LogP contribution < -0.4 is 15.4 Å². The summed E-state index contributed by atoms with van der Waals surface area (Å²) in [6, 6.07) is 6.10. The van der Waals surface area contributed by atoms with Crippen molar-refractivity contribution in [1.82, 2.24) is 10.6 Å². The van der Waals surface area contributed by atoms with Crippen LogP contribution >= 0.6 is 0 Å². The van der Waals surface area contributed by atoms with Crippen molar-refractivity contribution in [2.75, 3.05) is 14.2 Å². The van der Waals surface area contributed by atoms with Crippen LogP contribution in [-0.4, -0.2) is 38.2 Å². The Balaban J connectivity index is 2.56. The van der Waals surface area contributed by atoms with Gasteiger partial charge < -0.3 is 14.8 Å². The van der Waals surface area contributed by atoms with E-state index in [2.05, 4.69) is 15.4 Å². The molecule has 0 fully saturated rings. The molecule has 1 rings (SSSR count). The van der Waals surface area contributed by atoms with Gasteiger partial charge in [0.2, 0.25) is 0 Å². The Labute approximate surface area is 122 Å². The third-order valence-electron chi connectivity index (χ3n) is 2.65.